The van der Waals surface area contributed by atoms with Crippen LogP contribution in [0.25, 0.3) is 0 Å². The minimum atomic E-state index is -0.301. The van der Waals surface area contributed by atoms with Crippen LogP contribution >= 0.6 is 12.4 Å². The first-order valence-electron chi connectivity index (χ1n) is 9.82. The Kier molecular flexibility index (Phi) is 8.22. The number of piperidine rings is 1. The highest BCUT2D eigenvalue weighted by Crippen LogP contribution is 2.24. The molecule has 158 valence electrons. The summed E-state index contributed by atoms with van der Waals surface area (Å²) >= 11 is 0. The molecule has 1 saturated heterocycles. The minimum Gasteiger partial charge on any atom is -0.352 e. The van der Waals surface area contributed by atoms with Gasteiger partial charge in [0.05, 0.1) is 17.7 Å². The molecule has 29 heavy (non-hydrogen) atoms. The van der Waals surface area contributed by atoms with Crippen LogP contribution in [-0.2, 0) is 11.8 Å². The molecule has 8 heteroatoms. The first-order valence-corrected chi connectivity index (χ1v) is 9.82. The van der Waals surface area contributed by atoms with E-state index in [0.717, 1.165) is 18.4 Å². The average molecular weight is 420 g/mol. The monoisotopic (exact) mass is 419 g/mol. The third-order valence-electron chi connectivity index (χ3n) is 5.56. The molecule has 1 fully saturated rings. The van der Waals surface area contributed by atoms with E-state index >= 15 is 0 Å². The molecule has 1 aliphatic rings. The normalized spacial score (nSPS) is 16.6. The van der Waals surface area contributed by atoms with Gasteiger partial charge in [-0.05, 0) is 24.3 Å². The van der Waals surface area contributed by atoms with Gasteiger partial charge in [-0.15, -0.1) is 12.4 Å². The lowest BCUT2D eigenvalue weighted by Crippen LogP contribution is -2.45. The molecule has 0 radical (unpaired) electrons. The van der Waals surface area contributed by atoms with Gasteiger partial charge in [0.1, 0.15) is 0 Å². The Labute approximate surface area is 178 Å². The van der Waals surface area contributed by atoms with Crippen molar-refractivity contribution in [3.8, 4) is 0 Å². The van der Waals surface area contributed by atoms with Crippen molar-refractivity contribution in [1.29, 1.82) is 0 Å². The first-order chi connectivity index (χ1) is 13.5. The van der Waals surface area contributed by atoms with Gasteiger partial charge in [-0.1, -0.05) is 37.3 Å². The first kappa shape index (κ1) is 22.9. The number of halogens is 1. The second-order valence-corrected chi connectivity index (χ2v) is 7.61. The van der Waals surface area contributed by atoms with E-state index in [4.69, 9.17) is 5.73 Å². The number of carbonyl (C=O) groups excluding carboxylic acids is 2. The molecule has 7 nitrogen and oxygen atoms in total. The molecule has 0 spiro atoms. The predicted molar refractivity (Wildman–Crippen MR) is 115 cm³/mol. The maximum Gasteiger partial charge on any atom is 0.254 e. The van der Waals surface area contributed by atoms with Crippen molar-refractivity contribution in [1.82, 2.24) is 20.0 Å². The van der Waals surface area contributed by atoms with E-state index < -0.39 is 0 Å². The molecule has 1 aliphatic heterocycles. The van der Waals surface area contributed by atoms with Gasteiger partial charge in [0.2, 0.25) is 5.91 Å². The molecule has 0 bridgehead atoms. The van der Waals surface area contributed by atoms with E-state index in [1.54, 1.807) is 24.1 Å². The number of aromatic nitrogens is 2. The molecule has 2 aromatic rings. The summed E-state index contributed by atoms with van der Waals surface area (Å²) in [7, 11) is 1.79. The van der Waals surface area contributed by atoms with E-state index in [2.05, 4.69) is 10.4 Å². The van der Waals surface area contributed by atoms with E-state index in [1.807, 2.05) is 42.2 Å². The molecule has 2 unspecified atom stereocenters. The number of hydrogen-bond acceptors (Lipinski definition) is 4. The number of aryl methyl sites for hydroxylation is 1. The zero-order valence-corrected chi connectivity index (χ0v) is 17.8. The fourth-order valence-electron chi connectivity index (χ4n) is 3.64. The summed E-state index contributed by atoms with van der Waals surface area (Å²) in [5, 5.41) is 6.99. The smallest absolute Gasteiger partial charge is 0.254 e. The maximum atomic E-state index is 12.8. The van der Waals surface area contributed by atoms with Crippen molar-refractivity contribution in [2.75, 3.05) is 19.6 Å². The second kappa shape index (κ2) is 10.4. The van der Waals surface area contributed by atoms with Gasteiger partial charge in [0.25, 0.3) is 5.91 Å². The van der Waals surface area contributed by atoms with Gasteiger partial charge in [0.15, 0.2) is 0 Å². The van der Waals surface area contributed by atoms with Gasteiger partial charge in [-0.3, -0.25) is 14.3 Å². The van der Waals surface area contributed by atoms with Crippen molar-refractivity contribution in [2.24, 2.45) is 24.6 Å². The fraction of sp³-hybridized carbons (Fsp3) is 0.476. The van der Waals surface area contributed by atoms with Gasteiger partial charge in [-0.2, -0.15) is 5.10 Å². The van der Waals surface area contributed by atoms with Gasteiger partial charge >= 0.3 is 0 Å². The molecule has 2 heterocycles. The highest BCUT2D eigenvalue weighted by molar-refractivity contribution is 5.93. The van der Waals surface area contributed by atoms with Crippen LogP contribution in [0.4, 0.5) is 0 Å². The van der Waals surface area contributed by atoms with Crippen molar-refractivity contribution in [2.45, 2.75) is 25.8 Å². The molecular formula is C21H30ClN5O2. The number of benzene rings is 1. The Morgan fingerprint density at radius 3 is 2.48 bits per heavy atom. The van der Waals surface area contributed by atoms with Crippen molar-refractivity contribution >= 4 is 24.2 Å². The largest absolute Gasteiger partial charge is 0.352 e. The van der Waals surface area contributed by atoms with Crippen LogP contribution in [0.2, 0.25) is 0 Å². The van der Waals surface area contributed by atoms with Crippen LogP contribution in [0, 0.1) is 11.8 Å². The zero-order chi connectivity index (χ0) is 20.1. The molecule has 2 amide bonds. The van der Waals surface area contributed by atoms with E-state index in [1.165, 1.54) is 0 Å². The van der Waals surface area contributed by atoms with Gasteiger partial charge < -0.3 is 16.0 Å². The molecule has 1 aromatic heterocycles. The van der Waals surface area contributed by atoms with Crippen LogP contribution in [0.5, 0.6) is 0 Å². The van der Waals surface area contributed by atoms with Gasteiger partial charge in [0, 0.05) is 38.9 Å². The number of amides is 2. The Balaban J connectivity index is 0.00000300. The third-order valence-corrected chi connectivity index (χ3v) is 5.56. The second-order valence-electron chi connectivity index (χ2n) is 7.61. The summed E-state index contributed by atoms with van der Waals surface area (Å²) in [6.07, 6.45) is 5.03. The Hall–Kier alpha value is -2.38. The van der Waals surface area contributed by atoms with Crippen LogP contribution in [0.3, 0.4) is 0 Å². The molecule has 3 rings (SSSR count). The van der Waals surface area contributed by atoms with E-state index in [0.29, 0.717) is 31.1 Å². The number of hydrogen-bond donors (Lipinski definition) is 2. The number of carbonyl (C=O) groups is 2. The topological polar surface area (TPSA) is 93.2 Å². The maximum absolute atomic E-state index is 12.8. The van der Waals surface area contributed by atoms with Crippen molar-refractivity contribution < 1.29 is 9.59 Å². The Morgan fingerprint density at radius 1 is 1.24 bits per heavy atom. The third kappa shape index (κ3) is 5.81. The van der Waals surface area contributed by atoms with Crippen molar-refractivity contribution in [3.05, 3.63) is 53.9 Å². The summed E-state index contributed by atoms with van der Waals surface area (Å²) in [6.45, 7) is 3.94. The molecule has 0 aliphatic carbocycles. The molecule has 3 N–H and O–H groups in total. The lowest BCUT2D eigenvalue weighted by Gasteiger charge is -2.35. The number of nitrogens with zero attached hydrogens (tertiary/aromatic N) is 3. The van der Waals surface area contributed by atoms with Crippen molar-refractivity contribution in [3.63, 3.8) is 0 Å². The number of rotatable bonds is 6. The summed E-state index contributed by atoms with van der Waals surface area (Å²) in [6, 6.07) is 9.46. The fourth-order valence-corrected chi connectivity index (χ4v) is 3.64. The zero-order valence-electron chi connectivity index (χ0n) is 17.0. The minimum absolute atomic E-state index is 0. The summed E-state index contributed by atoms with van der Waals surface area (Å²) in [5.74, 6) is 0.121. The predicted octanol–water partition coefficient (Wildman–Crippen LogP) is 2.15. The highest BCUT2D eigenvalue weighted by Gasteiger charge is 2.29. The number of nitrogens with one attached hydrogen (secondary N) is 1. The molecule has 0 saturated carbocycles. The molecule has 1 aromatic carbocycles. The van der Waals surface area contributed by atoms with Crippen LogP contribution in [0.15, 0.2) is 42.7 Å². The summed E-state index contributed by atoms with van der Waals surface area (Å²) < 4.78 is 1.61. The number of likely N-dealkylation sites (tertiary alicyclic amines) is 1. The van der Waals surface area contributed by atoms with Crippen LogP contribution in [-0.4, -0.2) is 46.1 Å². The van der Waals surface area contributed by atoms with E-state index in [-0.39, 0.29) is 36.2 Å². The number of nitrogens with two attached hydrogens (primary N) is 1. The van der Waals surface area contributed by atoms with Gasteiger partial charge in [-0.25, -0.2) is 0 Å². The standard InChI is InChI=1S/C21H29N5O2.ClH/c1-15(19(22)17-6-4-3-5-7-17)21(28)26-10-8-16(9-11-26)12-23-20(27)18-13-24-25(2)14-18;/h3-7,13-16,19H,8-12,22H2,1-2H3,(H,23,27);1H. The Morgan fingerprint density at radius 2 is 1.90 bits per heavy atom. The summed E-state index contributed by atoms with van der Waals surface area (Å²) in [5.41, 5.74) is 7.86. The average Bonchev–Trinajstić information content (AvgIpc) is 3.18. The van der Waals surface area contributed by atoms with Crippen LogP contribution in [0.1, 0.15) is 41.7 Å². The van der Waals surface area contributed by atoms with E-state index in [9.17, 15) is 9.59 Å². The summed E-state index contributed by atoms with van der Waals surface area (Å²) in [4.78, 5) is 26.9. The van der Waals surface area contributed by atoms with Crippen LogP contribution < -0.4 is 11.1 Å². The Bertz CT molecular complexity index is 802. The SMILES string of the molecule is CC(C(=O)N1CCC(CNC(=O)c2cnn(C)c2)CC1)C(N)c1ccccc1.Cl. The quantitative estimate of drug-likeness (QED) is 0.750. The lowest BCUT2D eigenvalue weighted by molar-refractivity contribution is -0.137. The molecule has 2 atom stereocenters. The lowest BCUT2D eigenvalue weighted by atomic mass is 9.91. The molecular weight excluding hydrogens is 390 g/mol. The highest BCUT2D eigenvalue weighted by atomic mass is 35.5.